The first kappa shape index (κ1) is 9.63. The Bertz CT molecular complexity index is 235. The zero-order valence-electron chi connectivity index (χ0n) is 7.12. The smallest absolute Gasteiger partial charge is 0.523 e. The summed E-state index contributed by atoms with van der Waals surface area (Å²) in [5, 5.41) is 0. The van der Waals surface area contributed by atoms with Crippen LogP contribution in [0.2, 0.25) is 0 Å². The van der Waals surface area contributed by atoms with Crippen LogP contribution in [0.3, 0.4) is 0 Å². The molecule has 2 N–H and O–H groups in total. The van der Waals surface area contributed by atoms with Crippen molar-refractivity contribution in [3.63, 3.8) is 0 Å². The van der Waals surface area contributed by atoms with Crippen LogP contribution >= 0.6 is 0 Å². The van der Waals surface area contributed by atoms with E-state index < -0.39 is 18.9 Å². The Balaban J connectivity index is 2.64. The summed E-state index contributed by atoms with van der Waals surface area (Å²) in [5.41, 5.74) is 4.93. The number of carbonyl (C=O) groups is 2. The van der Waals surface area contributed by atoms with Crippen LogP contribution in [0.1, 0.15) is 19.3 Å². The van der Waals surface area contributed by atoms with Gasteiger partial charge in [0.1, 0.15) is 0 Å². The first-order chi connectivity index (χ1) is 6.09. The van der Waals surface area contributed by atoms with Gasteiger partial charge in [0.05, 0.1) is 5.76 Å². The Morgan fingerprint density at radius 1 is 1.46 bits per heavy atom. The second-order valence-electron chi connectivity index (χ2n) is 2.73. The lowest BCUT2D eigenvalue weighted by Crippen LogP contribution is -2.40. The molecule has 1 aliphatic rings. The molecule has 0 aromatic heterocycles. The highest BCUT2D eigenvalue weighted by molar-refractivity contribution is 6.81. The predicted molar refractivity (Wildman–Crippen MR) is 45.5 cm³/mol. The lowest BCUT2D eigenvalue weighted by Gasteiger charge is -2.17. The molecular weight excluding hydrogens is 173 g/mol. The number of hydrogen-bond donors (Lipinski definition) is 1. The van der Waals surface area contributed by atoms with Gasteiger partial charge in [-0.2, -0.15) is 0 Å². The standard InChI is InChI=1S/C7H10BNO4/c1-5-3-2-4-6(10)13-8(12-5)7(9)11/h1-4H2,(H2,9,11). The molecule has 1 fully saturated rings. The molecule has 6 heteroatoms. The number of carbonyl (C=O) groups excluding carboxylic acids is 2. The van der Waals surface area contributed by atoms with Gasteiger partial charge in [-0.3, -0.25) is 9.59 Å². The number of allylic oxidation sites excluding steroid dienone is 1. The van der Waals surface area contributed by atoms with Crippen molar-refractivity contribution in [2.24, 2.45) is 5.73 Å². The SMILES string of the molecule is C=C1CCCC(=O)OB(C(N)=O)O1. The number of nitrogens with two attached hydrogens (primary N) is 1. The third-order valence-corrected chi connectivity index (χ3v) is 1.58. The topological polar surface area (TPSA) is 78.6 Å². The van der Waals surface area contributed by atoms with E-state index in [9.17, 15) is 9.59 Å². The molecule has 0 radical (unpaired) electrons. The van der Waals surface area contributed by atoms with E-state index in [1.807, 2.05) is 0 Å². The van der Waals surface area contributed by atoms with Crippen molar-refractivity contribution in [1.29, 1.82) is 0 Å². The Morgan fingerprint density at radius 2 is 2.15 bits per heavy atom. The average Bonchev–Trinajstić information content (AvgIpc) is 1.99. The van der Waals surface area contributed by atoms with E-state index in [0.29, 0.717) is 18.6 Å². The lowest BCUT2D eigenvalue weighted by molar-refractivity contribution is -0.136. The summed E-state index contributed by atoms with van der Waals surface area (Å²) in [5.74, 6) is -0.885. The van der Waals surface area contributed by atoms with E-state index in [1.54, 1.807) is 0 Å². The largest absolute Gasteiger partial charge is 0.695 e. The Labute approximate surface area is 76.0 Å². The van der Waals surface area contributed by atoms with Gasteiger partial charge >= 0.3 is 7.12 Å². The molecular formula is C7H10BNO4. The summed E-state index contributed by atoms with van der Waals surface area (Å²) in [7, 11) is -1.32. The maximum atomic E-state index is 10.9. The lowest BCUT2D eigenvalue weighted by atomic mass is 9.88. The van der Waals surface area contributed by atoms with E-state index in [0.717, 1.165) is 0 Å². The second-order valence-corrected chi connectivity index (χ2v) is 2.73. The van der Waals surface area contributed by atoms with Crippen LogP contribution in [0.25, 0.3) is 0 Å². The Morgan fingerprint density at radius 3 is 2.77 bits per heavy atom. The van der Waals surface area contributed by atoms with Crippen molar-refractivity contribution in [2.45, 2.75) is 19.3 Å². The molecule has 13 heavy (non-hydrogen) atoms. The zero-order chi connectivity index (χ0) is 9.84. The van der Waals surface area contributed by atoms with Gasteiger partial charge in [0.2, 0.25) is 0 Å². The van der Waals surface area contributed by atoms with E-state index in [4.69, 9.17) is 10.4 Å². The molecule has 0 atom stereocenters. The quantitative estimate of drug-likeness (QED) is 0.596. The summed E-state index contributed by atoms with van der Waals surface area (Å²) in [4.78, 5) is 21.6. The van der Waals surface area contributed by atoms with Gasteiger partial charge in [0.15, 0.2) is 0 Å². The number of hydrogen-bond acceptors (Lipinski definition) is 4. The van der Waals surface area contributed by atoms with Gasteiger partial charge in [-0.15, -0.1) is 0 Å². The van der Waals surface area contributed by atoms with E-state index in [2.05, 4.69) is 11.2 Å². The molecule has 70 valence electrons. The number of amides is 1. The van der Waals surface area contributed by atoms with Crippen LogP contribution in [-0.4, -0.2) is 18.9 Å². The van der Waals surface area contributed by atoms with E-state index in [1.165, 1.54) is 0 Å². The molecule has 1 aliphatic heterocycles. The molecule has 0 unspecified atom stereocenters. The minimum atomic E-state index is -1.32. The molecule has 0 spiro atoms. The normalized spacial score (nSPS) is 18.3. The highest BCUT2D eigenvalue weighted by atomic mass is 16.6. The van der Waals surface area contributed by atoms with Crippen LogP contribution in [-0.2, 0) is 14.1 Å². The van der Waals surface area contributed by atoms with Gasteiger partial charge in [-0.1, -0.05) is 6.58 Å². The molecule has 1 amide bonds. The average molecular weight is 183 g/mol. The van der Waals surface area contributed by atoms with Crippen LogP contribution in [0, 0.1) is 0 Å². The minimum absolute atomic E-state index is 0.256. The zero-order valence-corrected chi connectivity index (χ0v) is 7.12. The van der Waals surface area contributed by atoms with Gasteiger partial charge in [0.25, 0.3) is 11.8 Å². The van der Waals surface area contributed by atoms with Gasteiger partial charge in [-0.05, 0) is 6.42 Å². The van der Waals surface area contributed by atoms with E-state index >= 15 is 0 Å². The third-order valence-electron chi connectivity index (χ3n) is 1.58. The highest BCUT2D eigenvalue weighted by Crippen LogP contribution is 2.13. The maximum Gasteiger partial charge on any atom is 0.695 e. The monoisotopic (exact) mass is 183 g/mol. The molecule has 0 bridgehead atoms. The molecule has 1 rings (SSSR count). The van der Waals surface area contributed by atoms with Crippen LogP contribution in [0.15, 0.2) is 12.3 Å². The van der Waals surface area contributed by atoms with Gasteiger partial charge in [-0.25, -0.2) is 0 Å². The molecule has 0 aliphatic carbocycles. The molecule has 0 saturated carbocycles. The van der Waals surface area contributed by atoms with Crippen molar-refractivity contribution in [2.75, 3.05) is 0 Å². The fourth-order valence-electron chi connectivity index (χ4n) is 0.959. The number of rotatable bonds is 1. The van der Waals surface area contributed by atoms with Crippen LogP contribution in [0.5, 0.6) is 0 Å². The molecule has 1 heterocycles. The maximum absolute atomic E-state index is 10.9. The van der Waals surface area contributed by atoms with Crippen molar-refractivity contribution in [3.8, 4) is 0 Å². The second kappa shape index (κ2) is 3.98. The first-order valence-corrected chi connectivity index (χ1v) is 3.93. The fourth-order valence-corrected chi connectivity index (χ4v) is 0.959. The molecule has 0 aromatic rings. The van der Waals surface area contributed by atoms with Crippen LogP contribution < -0.4 is 5.73 Å². The van der Waals surface area contributed by atoms with Crippen molar-refractivity contribution >= 4 is 18.9 Å². The predicted octanol–water partition coefficient (Wildman–Crippen LogP) is 0.392. The summed E-state index contributed by atoms with van der Waals surface area (Å²) < 4.78 is 9.54. The van der Waals surface area contributed by atoms with Crippen LogP contribution in [0.4, 0.5) is 4.79 Å². The summed E-state index contributed by atoms with van der Waals surface area (Å²) >= 11 is 0. The summed E-state index contributed by atoms with van der Waals surface area (Å²) in [6, 6.07) is 0. The minimum Gasteiger partial charge on any atom is -0.523 e. The third kappa shape index (κ3) is 2.81. The van der Waals surface area contributed by atoms with Gasteiger partial charge in [0, 0.05) is 12.8 Å². The number of primary amides is 1. The molecule has 1 saturated heterocycles. The van der Waals surface area contributed by atoms with Crippen molar-refractivity contribution < 1.29 is 18.9 Å². The van der Waals surface area contributed by atoms with E-state index in [-0.39, 0.29) is 6.42 Å². The summed E-state index contributed by atoms with van der Waals surface area (Å²) in [6.07, 6.45) is 1.41. The fraction of sp³-hybridized carbons (Fsp3) is 0.429. The molecule has 5 nitrogen and oxygen atoms in total. The van der Waals surface area contributed by atoms with Crippen molar-refractivity contribution in [3.05, 3.63) is 12.3 Å². The summed E-state index contributed by atoms with van der Waals surface area (Å²) in [6.45, 7) is 3.55. The Hall–Kier alpha value is -1.46. The Kier molecular flexibility index (Phi) is 2.95. The molecule has 0 aromatic carbocycles. The van der Waals surface area contributed by atoms with Crippen molar-refractivity contribution in [1.82, 2.24) is 0 Å². The first-order valence-electron chi connectivity index (χ1n) is 3.93. The van der Waals surface area contributed by atoms with Gasteiger partial charge < -0.3 is 15.0 Å². The highest BCUT2D eigenvalue weighted by Gasteiger charge is 2.34.